The number of hydrogen-bond donors (Lipinski definition) is 3. The number of amides is 1. The van der Waals surface area contributed by atoms with Crippen LogP contribution in [0.5, 0.6) is 0 Å². The SMILES string of the molecule is CCNC(N)=NCC1CCn2ncc(C(N)=O)c2C1. The summed E-state index contributed by atoms with van der Waals surface area (Å²) < 4.78 is 1.86. The number of hydrogen-bond acceptors (Lipinski definition) is 3. The maximum atomic E-state index is 11.3. The van der Waals surface area contributed by atoms with Gasteiger partial charge in [-0.25, -0.2) is 0 Å². The fourth-order valence-electron chi connectivity index (χ4n) is 2.33. The van der Waals surface area contributed by atoms with Crippen molar-refractivity contribution in [3.05, 3.63) is 17.5 Å². The molecule has 0 aliphatic carbocycles. The topological polar surface area (TPSA) is 111 Å². The minimum Gasteiger partial charge on any atom is -0.370 e. The van der Waals surface area contributed by atoms with Gasteiger partial charge in [0, 0.05) is 19.6 Å². The van der Waals surface area contributed by atoms with Gasteiger partial charge in [-0.2, -0.15) is 5.10 Å². The quantitative estimate of drug-likeness (QED) is 0.501. The van der Waals surface area contributed by atoms with E-state index in [1.54, 1.807) is 6.20 Å². The van der Waals surface area contributed by atoms with E-state index in [4.69, 9.17) is 11.5 Å². The van der Waals surface area contributed by atoms with Crippen LogP contribution in [0, 0.1) is 5.92 Å². The highest BCUT2D eigenvalue weighted by atomic mass is 16.1. The van der Waals surface area contributed by atoms with Gasteiger partial charge in [0.1, 0.15) is 0 Å². The number of fused-ring (bicyclic) bond motifs is 1. The molecule has 1 aromatic rings. The molecule has 0 saturated carbocycles. The fourth-order valence-corrected chi connectivity index (χ4v) is 2.33. The number of guanidine groups is 1. The standard InChI is InChI=1S/C12H20N6O/c1-2-15-12(14)16-6-8-3-4-18-10(5-8)9(7-17-18)11(13)19/h7-8H,2-6H2,1H3,(H2,13,19)(H3,14,15,16). The van der Waals surface area contributed by atoms with Gasteiger partial charge in [-0.05, 0) is 25.7 Å². The van der Waals surface area contributed by atoms with Gasteiger partial charge in [0.05, 0.1) is 17.5 Å². The Morgan fingerprint density at radius 1 is 1.63 bits per heavy atom. The van der Waals surface area contributed by atoms with Crippen LogP contribution in [-0.2, 0) is 13.0 Å². The molecule has 0 bridgehead atoms. The van der Waals surface area contributed by atoms with Crippen molar-refractivity contribution in [1.29, 1.82) is 0 Å². The van der Waals surface area contributed by atoms with Gasteiger partial charge < -0.3 is 16.8 Å². The lowest BCUT2D eigenvalue weighted by Crippen LogP contribution is -2.32. The predicted molar refractivity (Wildman–Crippen MR) is 72.7 cm³/mol. The van der Waals surface area contributed by atoms with E-state index in [0.29, 0.717) is 24.0 Å². The van der Waals surface area contributed by atoms with Gasteiger partial charge in [0.25, 0.3) is 5.91 Å². The third kappa shape index (κ3) is 3.04. The number of nitrogens with zero attached hydrogens (tertiary/aromatic N) is 3. The summed E-state index contributed by atoms with van der Waals surface area (Å²) in [5, 5.41) is 7.14. The van der Waals surface area contributed by atoms with Crippen molar-refractivity contribution in [2.24, 2.45) is 22.4 Å². The van der Waals surface area contributed by atoms with Crippen LogP contribution in [0.15, 0.2) is 11.2 Å². The van der Waals surface area contributed by atoms with E-state index in [9.17, 15) is 4.79 Å². The van der Waals surface area contributed by atoms with Gasteiger partial charge in [-0.3, -0.25) is 14.5 Å². The molecule has 1 aromatic heterocycles. The summed E-state index contributed by atoms with van der Waals surface area (Å²) in [6.45, 7) is 4.19. The molecule has 19 heavy (non-hydrogen) atoms. The normalized spacial score (nSPS) is 19.0. The molecule has 7 nitrogen and oxygen atoms in total. The van der Waals surface area contributed by atoms with Crippen molar-refractivity contribution in [1.82, 2.24) is 15.1 Å². The molecular weight excluding hydrogens is 244 g/mol. The molecule has 2 heterocycles. The van der Waals surface area contributed by atoms with Gasteiger partial charge in [-0.15, -0.1) is 0 Å². The third-order valence-corrected chi connectivity index (χ3v) is 3.32. The van der Waals surface area contributed by atoms with Crippen molar-refractivity contribution in [2.45, 2.75) is 26.3 Å². The Bertz CT molecular complexity index is 492. The minimum atomic E-state index is -0.419. The Kier molecular flexibility index (Phi) is 4.03. The Labute approximate surface area is 112 Å². The maximum absolute atomic E-state index is 11.3. The van der Waals surface area contributed by atoms with Crippen LogP contribution >= 0.6 is 0 Å². The van der Waals surface area contributed by atoms with Crippen LogP contribution in [0.4, 0.5) is 0 Å². The van der Waals surface area contributed by atoms with E-state index in [-0.39, 0.29) is 0 Å². The van der Waals surface area contributed by atoms with Crippen molar-refractivity contribution >= 4 is 11.9 Å². The van der Waals surface area contributed by atoms with E-state index in [2.05, 4.69) is 15.4 Å². The number of carbonyl (C=O) groups is 1. The highest BCUT2D eigenvalue weighted by Crippen LogP contribution is 2.22. The molecule has 1 aliphatic heterocycles. The minimum absolute atomic E-state index is 0.375. The van der Waals surface area contributed by atoms with E-state index in [1.807, 2.05) is 11.6 Å². The lowest BCUT2D eigenvalue weighted by Gasteiger charge is -2.22. The summed E-state index contributed by atoms with van der Waals surface area (Å²) in [7, 11) is 0. The predicted octanol–water partition coefficient (Wildman–Crippen LogP) is -0.531. The largest absolute Gasteiger partial charge is 0.370 e. The molecule has 1 aliphatic rings. The second-order valence-electron chi connectivity index (χ2n) is 4.71. The van der Waals surface area contributed by atoms with Gasteiger partial charge in [-0.1, -0.05) is 0 Å². The molecule has 5 N–H and O–H groups in total. The lowest BCUT2D eigenvalue weighted by atomic mass is 9.94. The molecule has 0 aromatic carbocycles. The molecule has 7 heteroatoms. The fraction of sp³-hybridized carbons (Fsp3) is 0.583. The molecule has 104 valence electrons. The molecule has 1 atom stereocenters. The van der Waals surface area contributed by atoms with E-state index in [1.165, 1.54) is 0 Å². The number of carbonyl (C=O) groups excluding carboxylic acids is 1. The van der Waals surface area contributed by atoms with Crippen molar-refractivity contribution in [3.63, 3.8) is 0 Å². The summed E-state index contributed by atoms with van der Waals surface area (Å²) in [5.41, 5.74) is 12.5. The van der Waals surface area contributed by atoms with E-state index in [0.717, 1.165) is 31.6 Å². The number of aliphatic imine (C=N–C) groups is 1. The third-order valence-electron chi connectivity index (χ3n) is 3.32. The zero-order valence-electron chi connectivity index (χ0n) is 11.1. The molecule has 1 unspecified atom stereocenters. The van der Waals surface area contributed by atoms with Crippen LogP contribution in [0.1, 0.15) is 29.4 Å². The van der Waals surface area contributed by atoms with Gasteiger partial charge in [0.2, 0.25) is 0 Å². The summed E-state index contributed by atoms with van der Waals surface area (Å²) in [6.07, 6.45) is 3.30. The Balaban J connectivity index is 2.03. The molecule has 0 radical (unpaired) electrons. The van der Waals surface area contributed by atoms with E-state index >= 15 is 0 Å². The smallest absolute Gasteiger partial charge is 0.252 e. The molecule has 0 fully saturated rings. The summed E-state index contributed by atoms with van der Waals surface area (Å²) >= 11 is 0. The van der Waals surface area contributed by atoms with Crippen LogP contribution in [0.2, 0.25) is 0 Å². The average molecular weight is 264 g/mol. The van der Waals surface area contributed by atoms with Crippen molar-refractivity contribution in [2.75, 3.05) is 13.1 Å². The molecule has 1 amide bonds. The molecular formula is C12H20N6O. The molecule has 0 spiro atoms. The van der Waals surface area contributed by atoms with Crippen molar-refractivity contribution < 1.29 is 4.79 Å². The van der Waals surface area contributed by atoms with Crippen LogP contribution in [0.3, 0.4) is 0 Å². The van der Waals surface area contributed by atoms with Crippen molar-refractivity contribution in [3.8, 4) is 0 Å². The molecule has 2 rings (SSSR count). The van der Waals surface area contributed by atoms with Gasteiger partial charge >= 0.3 is 0 Å². The number of aryl methyl sites for hydroxylation is 1. The first-order valence-corrected chi connectivity index (χ1v) is 6.50. The lowest BCUT2D eigenvalue weighted by molar-refractivity contribution is 0.0998. The second kappa shape index (κ2) is 5.73. The summed E-state index contributed by atoms with van der Waals surface area (Å²) in [4.78, 5) is 15.6. The maximum Gasteiger partial charge on any atom is 0.252 e. The van der Waals surface area contributed by atoms with Gasteiger partial charge in [0.15, 0.2) is 5.96 Å². The zero-order valence-corrected chi connectivity index (χ0v) is 11.1. The average Bonchev–Trinajstić information content (AvgIpc) is 2.79. The highest BCUT2D eigenvalue weighted by molar-refractivity contribution is 5.93. The number of aromatic nitrogens is 2. The second-order valence-corrected chi connectivity index (χ2v) is 4.71. The first kappa shape index (κ1) is 13.4. The summed E-state index contributed by atoms with van der Waals surface area (Å²) in [5.74, 6) is 0.425. The van der Waals surface area contributed by atoms with E-state index < -0.39 is 5.91 Å². The first-order valence-electron chi connectivity index (χ1n) is 6.50. The number of nitrogens with one attached hydrogen (secondary N) is 1. The van der Waals surface area contributed by atoms with Crippen LogP contribution < -0.4 is 16.8 Å². The van der Waals surface area contributed by atoms with Crippen LogP contribution in [0.25, 0.3) is 0 Å². The Morgan fingerprint density at radius 2 is 2.42 bits per heavy atom. The molecule has 0 saturated heterocycles. The monoisotopic (exact) mass is 264 g/mol. The number of nitrogens with two attached hydrogens (primary N) is 2. The number of rotatable bonds is 4. The van der Waals surface area contributed by atoms with Crippen LogP contribution in [-0.4, -0.2) is 34.7 Å². The Hall–Kier alpha value is -2.05. The zero-order chi connectivity index (χ0) is 13.8. The highest BCUT2D eigenvalue weighted by Gasteiger charge is 2.24. The number of primary amides is 1. The summed E-state index contributed by atoms with van der Waals surface area (Å²) in [6, 6.07) is 0. The Morgan fingerprint density at radius 3 is 3.11 bits per heavy atom. The first-order chi connectivity index (χ1) is 9.11.